The van der Waals surface area contributed by atoms with E-state index in [0.29, 0.717) is 0 Å². The van der Waals surface area contributed by atoms with Crippen LogP contribution >= 0.6 is 0 Å². The first kappa shape index (κ1) is 20.5. The van der Waals surface area contributed by atoms with Crippen LogP contribution in [0.25, 0.3) is 46.4 Å². The molecule has 8 bridgehead atoms. The molecule has 3 aromatic rings. The molecule has 0 saturated heterocycles. The standard InChI is InChI=1S/C28H30N4/c1-5-6-7-22-23-12-8-18(29-23)16-20-10-14-25(31-20)27(28(2,3)4)26-15-11-21(32-26)17-19-9-13-24(22)30-19/h8-17,31-32H,5-7H2,1-4H3. The van der Waals surface area contributed by atoms with Gasteiger partial charge in [0.1, 0.15) is 0 Å². The summed E-state index contributed by atoms with van der Waals surface area (Å²) in [6.45, 7) is 8.97. The summed E-state index contributed by atoms with van der Waals surface area (Å²) in [5.41, 5.74) is 10.8. The van der Waals surface area contributed by atoms with Gasteiger partial charge in [0.15, 0.2) is 0 Å². The topological polar surface area (TPSA) is 57.4 Å². The fourth-order valence-electron chi connectivity index (χ4n) is 4.55. The molecular weight excluding hydrogens is 392 g/mol. The molecule has 0 spiro atoms. The molecular formula is C28H30N4. The molecule has 2 aliphatic rings. The number of rotatable bonds is 3. The summed E-state index contributed by atoms with van der Waals surface area (Å²) in [6.07, 6.45) is 11.7. The molecule has 32 heavy (non-hydrogen) atoms. The zero-order chi connectivity index (χ0) is 22.3. The van der Waals surface area contributed by atoms with Gasteiger partial charge in [-0.2, -0.15) is 0 Å². The minimum atomic E-state index is -0.0315. The number of hydrogen-bond acceptors (Lipinski definition) is 2. The summed E-state index contributed by atoms with van der Waals surface area (Å²) < 4.78 is 0. The number of H-pyrrole nitrogens is 2. The van der Waals surface area contributed by atoms with E-state index in [2.05, 4.69) is 98.4 Å². The van der Waals surface area contributed by atoms with Crippen LogP contribution in [0.4, 0.5) is 0 Å². The van der Waals surface area contributed by atoms with Crippen molar-refractivity contribution < 1.29 is 0 Å². The number of aromatic amines is 2. The second-order valence-electron chi connectivity index (χ2n) is 9.66. The fourth-order valence-corrected chi connectivity index (χ4v) is 4.55. The van der Waals surface area contributed by atoms with Gasteiger partial charge in [-0.25, -0.2) is 9.97 Å². The van der Waals surface area contributed by atoms with Crippen LogP contribution in [0.3, 0.4) is 0 Å². The molecule has 0 radical (unpaired) electrons. The molecule has 2 aliphatic heterocycles. The number of unbranched alkanes of at least 4 members (excludes halogenated alkanes) is 1. The maximum absolute atomic E-state index is 4.94. The van der Waals surface area contributed by atoms with Crippen molar-refractivity contribution in [2.75, 3.05) is 0 Å². The lowest BCUT2D eigenvalue weighted by atomic mass is 9.86. The van der Waals surface area contributed by atoms with E-state index in [1.54, 1.807) is 0 Å². The lowest BCUT2D eigenvalue weighted by molar-refractivity contribution is 0.599. The largest absolute Gasteiger partial charge is 0.355 e. The molecule has 5 rings (SSSR count). The van der Waals surface area contributed by atoms with Gasteiger partial charge in [0.25, 0.3) is 0 Å². The molecule has 0 aliphatic carbocycles. The second kappa shape index (κ2) is 7.94. The third-order valence-corrected chi connectivity index (χ3v) is 6.03. The minimum absolute atomic E-state index is 0.0315. The summed E-state index contributed by atoms with van der Waals surface area (Å²) in [5.74, 6) is 0. The van der Waals surface area contributed by atoms with Crippen molar-refractivity contribution in [3.8, 4) is 0 Å². The van der Waals surface area contributed by atoms with E-state index in [1.165, 1.54) is 11.1 Å². The third-order valence-electron chi connectivity index (χ3n) is 6.03. The van der Waals surface area contributed by atoms with Crippen molar-refractivity contribution in [2.24, 2.45) is 0 Å². The fraction of sp³-hybridized carbons (Fsp3) is 0.286. The van der Waals surface area contributed by atoms with Crippen molar-refractivity contribution in [3.63, 3.8) is 0 Å². The van der Waals surface area contributed by atoms with Gasteiger partial charge in [0.2, 0.25) is 0 Å². The van der Waals surface area contributed by atoms with Crippen LogP contribution in [0.15, 0.2) is 36.4 Å². The normalized spacial score (nSPS) is 13.1. The summed E-state index contributed by atoms with van der Waals surface area (Å²) in [4.78, 5) is 17.1. The van der Waals surface area contributed by atoms with Gasteiger partial charge >= 0.3 is 0 Å². The Hall–Kier alpha value is -3.40. The van der Waals surface area contributed by atoms with Crippen LogP contribution in [-0.4, -0.2) is 19.9 Å². The monoisotopic (exact) mass is 422 g/mol. The first-order chi connectivity index (χ1) is 15.4. The van der Waals surface area contributed by atoms with E-state index in [1.807, 2.05) is 0 Å². The van der Waals surface area contributed by atoms with Crippen molar-refractivity contribution in [2.45, 2.75) is 52.4 Å². The predicted molar refractivity (Wildman–Crippen MR) is 136 cm³/mol. The van der Waals surface area contributed by atoms with Gasteiger partial charge in [0.05, 0.1) is 22.8 Å². The Bertz CT molecular complexity index is 1300. The lowest BCUT2D eigenvalue weighted by Crippen LogP contribution is -2.11. The Morgan fingerprint density at radius 1 is 0.750 bits per heavy atom. The van der Waals surface area contributed by atoms with E-state index in [-0.39, 0.29) is 5.41 Å². The number of fused-ring (bicyclic) bond motifs is 8. The highest BCUT2D eigenvalue weighted by Gasteiger charge is 2.19. The van der Waals surface area contributed by atoms with Crippen LogP contribution in [-0.2, 0) is 11.8 Å². The number of hydrogen-bond donors (Lipinski definition) is 2. The quantitative estimate of drug-likeness (QED) is 0.320. The van der Waals surface area contributed by atoms with Crippen LogP contribution in [0.1, 0.15) is 74.4 Å². The Kier molecular flexibility index (Phi) is 5.09. The molecule has 2 N–H and O–H groups in total. The molecule has 0 atom stereocenters. The highest BCUT2D eigenvalue weighted by Crippen LogP contribution is 2.30. The van der Waals surface area contributed by atoms with E-state index < -0.39 is 0 Å². The molecule has 0 amide bonds. The van der Waals surface area contributed by atoms with Gasteiger partial charge in [-0.3, -0.25) is 0 Å². The van der Waals surface area contributed by atoms with Crippen molar-refractivity contribution in [1.29, 1.82) is 0 Å². The molecule has 4 heteroatoms. The second-order valence-corrected chi connectivity index (χ2v) is 9.66. The van der Waals surface area contributed by atoms with Gasteiger partial charge in [-0.15, -0.1) is 0 Å². The molecule has 5 heterocycles. The van der Waals surface area contributed by atoms with Crippen LogP contribution in [0.5, 0.6) is 0 Å². The Morgan fingerprint density at radius 3 is 1.75 bits per heavy atom. The smallest absolute Gasteiger partial charge is 0.0691 e. The van der Waals surface area contributed by atoms with Gasteiger partial charge in [-0.05, 0) is 79.0 Å². The molecule has 162 valence electrons. The van der Waals surface area contributed by atoms with Crippen LogP contribution < -0.4 is 0 Å². The van der Waals surface area contributed by atoms with Gasteiger partial charge in [0, 0.05) is 33.2 Å². The maximum Gasteiger partial charge on any atom is 0.0691 e. The molecule has 4 nitrogen and oxygen atoms in total. The number of aromatic nitrogens is 4. The minimum Gasteiger partial charge on any atom is -0.355 e. The van der Waals surface area contributed by atoms with Crippen LogP contribution in [0, 0.1) is 0 Å². The molecule has 0 fully saturated rings. The van der Waals surface area contributed by atoms with Crippen molar-refractivity contribution in [3.05, 3.63) is 70.3 Å². The molecule has 0 unspecified atom stereocenters. The lowest BCUT2D eigenvalue weighted by Gasteiger charge is -2.19. The Labute approximate surface area is 189 Å². The molecule has 0 aromatic carbocycles. The van der Waals surface area contributed by atoms with E-state index in [4.69, 9.17) is 9.97 Å². The Balaban J connectivity index is 1.86. The van der Waals surface area contributed by atoms with E-state index in [0.717, 1.165) is 64.1 Å². The summed E-state index contributed by atoms with van der Waals surface area (Å²) >= 11 is 0. The third kappa shape index (κ3) is 3.93. The van der Waals surface area contributed by atoms with Crippen molar-refractivity contribution in [1.82, 2.24) is 19.9 Å². The highest BCUT2D eigenvalue weighted by molar-refractivity contribution is 5.81. The average molecular weight is 423 g/mol. The number of nitrogens with one attached hydrogen (secondary N) is 2. The average Bonchev–Trinajstić information content (AvgIpc) is 3.51. The SMILES string of the molecule is CCCCc1c2nc(cc3ccc([nH]3)c(C(C)(C)C)c3ccc(cc4nc1C=C4)[nH]3)C=C2. The zero-order valence-electron chi connectivity index (χ0n) is 19.3. The zero-order valence-corrected chi connectivity index (χ0v) is 19.3. The first-order valence-electron chi connectivity index (χ1n) is 11.5. The predicted octanol–water partition coefficient (Wildman–Crippen LogP) is 7.30. The first-order valence-corrected chi connectivity index (χ1v) is 11.5. The highest BCUT2D eigenvalue weighted by atomic mass is 14.8. The van der Waals surface area contributed by atoms with Gasteiger partial charge in [-0.1, -0.05) is 34.1 Å². The summed E-state index contributed by atoms with van der Waals surface area (Å²) in [5, 5.41) is 0. The van der Waals surface area contributed by atoms with Gasteiger partial charge < -0.3 is 9.97 Å². The summed E-state index contributed by atoms with van der Waals surface area (Å²) in [7, 11) is 0. The number of nitrogens with zero attached hydrogens (tertiary/aromatic N) is 2. The Morgan fingerprint density at radius 2 is 1.28 bits per heavy atom. The maximum atomic E-state index is 4.94. The van der Waals surface area contributed by atoms with Crippen molar-refractivity contribution >= 4 is 46.4 Å². The molecule has 3 aromatic heterocycles. The van der Waals surface area contributed by atoms with E-state index in [9.17, 15) is 0 Å². The summed E-state index contributed by atoms with van der Waals surface area (Å²) in [6, 6.07) is 12.8. The molecule has 0 saturated carbocycles. The van der Waals surface area contributed by atoms with E-state index >= 15 is 0 Å². The van der Waals surface area contributed by atoms with Crippen LogP contribution in [0.2, 0.25) is 0 Å².